The second-order valence-electron chi connectivity index (χ2n) is 5.39. The average molecular weight is 355 g/mol. The fourth-order valence-electron chi connectivity index (χ4n) is 2.35. The van der Waals surface area contributed by atoms with Crippen LogP contribution in [0.5, 0.6) is 5.88 Å². The molecule has 3 aromatic rings. The smallest absolute Gasteiger partial charge is 0.269 e. The summed E-state index contributed by atoms with van der Waals surface area (Å²) in [4.78, 5) is 16.1. The second kappa shape index (κ2) is 7.60. The van der Waals surface area contributed by atoms with E-state index in [-0.39, 0.29) is 17.4 Å². The number of hydrogen-bond acceptors (Lipinski definition) is 4. The van der Waals surface area contributed by atoms with Crippen LogP contribution in [0.15, 0.2) is 60.8 Å². The molecule has 0 spiro atoms. The Morgan fingerprint density at radius 1 is 1.04 bits per heavy atom. The number of pyridine rings is 1. The van der Waals surface area contributed by atoms with Gasteiger partial charge in [-0.05, 0) is 35.4 Å². The number of carbonyl (C=O) groups excluding carboxylic acids is 1. The Hall–Kier alpha value is -3.48. The van der Waals surface area contributed by atoms with Crippen molar-refractivity contribution in [2.45, 2.75) is 0 Å². The van der Waals surface area contributed by atoms with Crippen molar-refractivity contribution in [2.75, 3.05) is 12.5 Å². The fourth-order valence-corrected chi connectivity index (χ4v) is 2.35. The molecule has 0 unspecified atom stereocenters. The van der Waals surface area contributed by atoms with Gasteiger partial charge >= 0.3 is 0 Å². The van der Waals surface area contributed by atoms with E-state index in [0.717, 1.165) is 6.07 Å². The lowest BCUT2D eigenvalue weighted by atomic mass is 10.0. The number of methoxy groups -OCH3 is 1. The van der Waals surface area contributed by atoms with E-state index in [2.05, 4.69) is 15.8 Å². The third-order valence-electron chi connectivity index (χ3n) is 3.60. The number of halogens is 2. The largest absolute Gasteiger partial charge is 0.479 e. The first-order valence-corrected chi connectivity index (χ1v) is 7.69. The Morgan fingerprint density at radius 3 is 2.46 bits per heavy atom. The van der Waals surface area contributed by atoms with Gasteiger partial charge in [0.25, 0.3) is 5.91 Å². The lowest BCUT2D eigenvalue weighted by Gasteiger charge is -2.10. The van der Waals surface area contributed by atoms with Gasteiger partial charge in [0.1, 0.15) is 5.82 Å². The first-order chi connectivity index (χ1) is 12.6. The number of aromatic nitrogens is 1. The fraction of sp³-hybridized carbons (Fsp3) is 0.0526. The summed E-state index contributed by atoms with van der Waals surface area (Å²) in [6.45, 7) is 0. The molecule has 0 saturated heterocycles. The van der Waals surface area contributed by atoms with Crippen LogP contribution < -0.4 is 15.6 Å². The molecular weight excluding hydrogens is 340 g/mol. The highest BCUT2D eigenvalue weighted by Crippen LogP contribution is 2.21. The van der Waals surface area contributed by atoms with E-state index < -0.39 is 11.7 Å². The van der Waals surface area contributed by atoms with Crippen molar-refractivity contribution < 1.29 is 18.3 Å². The third kappa shape index (κ3) is 3.94. The van der Waals surface area contributed by atoms with Gasteiger partial charge < -0.3 is 4.74 Å². The molecule has 26 heavy (non-hydrogen) atoms. The van der Waals surface area contributed by atoms with Crippen LogP contribution in [0.1, 0.15) is 10.4 Å². The summed E-state index contributed by atoms with van der Waals surface area (Å²) in [7, 11) is 1.31. The van der Waals surface area contributed by atoms with E-state index in [9.17, 15) is 13.6 Å². The van der Waals surface area contributed by atoms with E-state index in [4.69, 9.17) is 4.74 Å². The molecule has 1 aromatic heterocycles. The zero-order valence-corrected chi connectivity index (χ0v) is 13.8. The maximum absolute atomic E-state index is 13.6. The van der Waals surface area contributed by atoms with Crippen molar-refractivity contribution in [3.8, 4) is 17.0 Å². The van der Waals surface area contributed by atoms with Crippen LogP contribution in [0.25, 0.3) is 11.1 Å². The summed E-state index contributed by atoms with van der Waals surface area (Å²) >= 11 is 0. The normalized spacial score (nSPS) is 10.3. The highest BCUT2D eigenvalue weighted by Gasteiger charge is 2.09. The van der Waals surface area contributed by atoms with E-state index in [1.165, 1.54) is 25.4 Å². The van der Waals surface area contributed by atoms with Crippen molar-refractivity contribution in [3.63, 3.8) is 0 Å². The molecule has 7 heteroatoms. The van der Waals surface area contributed by atoms with Crippen molar-refractivity contribution in [1.82, 2.24) is 10.4 Å². The van der Waals surface area contributed by atoms with Gasteiger partial charge in [-0.2, -0.15) is 0 Å². The maximum Gasteiger partial charge on any atom is 0.269 e. The molecule has 3 rings (SSSR count). The summed E-state index contributed by atoms with van der Waals surface area (Å²) in [5.41, 5.74) is 7.03. The van der Waals surface area contributed by atoms with Crippen LogP contribution >= 0.6 is 0 Å². The molecule has 0 aliphatic carbocycles. The predicted molar refractivity (Wildman–Crippen MR) is 93.7 cm³/mol. The minimum Gasteiger partial charge on any atom is -0.479 e. The second-order valence-corrected chi connectivity index (χ2v) is 5.39. The average Bonchev–Trinajstić information content (AvgIpc) is 2.66. The molecular formula is C19H15F2N3O2. The molecule has 0 aliphatic rings. The van der Waals surface area contributed by atoms with Crippen LogP contribution in [0, 0.1) is 11.6 Å². The molecule has 2 N–H and O–H groups in total. The van der Waals surface area contributed by atoms with E-state index >= 15 is 0 Å². The number of carbonyl (C=O) groups is 1. The molecule has 0 atom stereocenters. The number of rotatable bonds is 5. The van der Waals surface area contributed by atoms with Gasteiger partial charge in [0.2, 0.25) is 5.88 Å². The molecule has 0 bridgehead atoms. The lowest BCUT2D eigenvalue weighted by molar-refractivity contribution is 0.0962. The summed E-state index contributed by atoms with van der Waals surface area (Å²) in [5.74, 6) is -1.57. The zero-order valence-electron chi connectivity index (χ0n) is 13.8. The SMILES string of the molecule is COc1ncc(NNC(=O)c2cccc(-c3cccc(F)c3)c2)cc1F. The summed E-state index contributed by atoms with van der Waals surface area (Å²) in [6, 6.07) is 14.0. The number of nitrogens with one attached hydrogen (secondary N) is 2. The number of benzene rings is 2. The molecule has 1 amide bonds. The van der Waals surface area contributed by atoms with Crippen LogP contribution in [0.2, 0.25) is 0 Å². The molecule has 0 radical (unpaired) electrons. The molecule has 5 nitrogen and oxygen atoms in total. The first kappa shape index (κ1) is 17.3. The Kier molecular flexibility index (Phi) is 5.07. The number of amides is 1. The van der Waals surface area contributed by atoms with Crippen LogP contribution in [0.3, 0.4) is 0 Å². The topological polar surface area (TPSA) is 63.2 Å². The predicted octanol–water partition coefficient (Wildman–Crippen LogP) is 3.79. The molecule has 132 valence electrons. The molecule has 0 aliphatic heterocycles. The minimum absolute atomic E-state index is 0.135. The number of ether oxygens (including phenoxy) is 1. The van der Waals surface area contributed by atoms with Crippen molar-refractivity contribution in [3.05, 3.63) is 78.0 Å². The monoisotopic (exact) mass is 355 g/mol. The third-order valence-corrected chi connectivity index (χ3v) is 3.60. The van der Waals surface area contributed by atoms with Gasteiger partial charge in [-0.1, -0.05) is 24.3 Å². The molecule has 2 aromatic carbocycles. The highest BCUT2D eigenvalue weighted by molar-refractivity contribution is 5.96. The highest BCUT2D eigenvalue weighted by atomic mass is 19.1. The van der Waals surface area contributed by atoms with E-state index in [0.29, 0.717) is 16.7 Å². The van der Waals surface area contributed by atoms with Crippen LogP contribution in [-0.2, 0) is 0 Å². The van der Waals surface area contributed by atoms with Gasteiger partial charge in [-0.25, -0.2) is 13.8 Å². The van der Waals surface area contributed by atoms with Crippen molar-refractivity contribution in [2.24, 2.45) is 0 Å². The molecule has 1 heterocycles. The van der Waals surface area contributed by atoms with Crippen molar-refractivity contribution in [1.29, 1.82) is 0 Å². The van der Waals surface area contributed by atoms with Gasteiger partial charge in [0.05, 0.1) is 19.0 Å². The summed E-state index contributed by atoms with van der Waals surface area (Å²) in [5, 5.41) is 0. The Bertz CT molecular complexity index is 948. The van der Waals surface area contributed by atoms with Gasteiger partial charge in [0, 0.05) is 11.6 Å². The molecule has 0 fully saturated rings. The molecule has 0 saturated carbocycles. The van der Waals surface area contributed by atoms with Gasteiger partial charge in [-0.15, -0.1) is 0 Å². The standard InChI is InChI=1S/C19H15F2N3O2/c1-26-19-17(21)10-16(11-22-19)23-24-18(25)14-6-2-4-12(8-14)13-5-3-7-15(20)9-13/h2-11,23H,1H3,(H,24,25). The minimum atomic E-state index is -0.653. The summed E-state index contributed by atoms with van der Waals surface area (Å²) in [6.07, 6.45) is 1.32. The van der Waals surface area contributed by atoms with Crippen LogP contribution in [0.4, 0.5) is 14.5 Å². The Morgan fingerprint density at radius 2 is 1.77 bits per heavy atom. The zero-order chi connectivity index (χ0) is 18.5. The lowest BCUT2D eigenvalue weighted by Crippen LogP contribution is -2.29. The quantitative estimate of drug-likeness (QED) is 0.684. The van der Waals surface area contributed by atoms with Crippen LogP contribution in [-0.4, -0.2) is 18.0 Å². The van der Waals surface area contributed by atoms with E-state index in [1.807, 2.05) is 0 Å². The Labute approximate surface area is 148 Å². The first-order valence-electron chi connectivity index (χ1n) is 7.69. The number of anilines is 1. The van der Waals surface area contributed by atoms with E-state index in [1.54, 1.807) is 36.4 Å². The van der Waals surface area contributed by atoms with Gasteiger partial charge in [0.15, 0.2) is 5.82 Å². The Balaban J connectivity index is 1.72. The maximum atomic E-state index is 13.6. The number of hydrogen-bond donors (Lipinski definition) is 2. The van der Waals surface area contributed by atoms with Gasteiger partial charge in [-0.3, -0.25) is 15.6 Å². The summed E-state index contributed by atoms with van der Waals surface area (Å²) < 4.78 is 31.7. The number of hydrazine groups is 1. The van der Waals surface area contributed by atoms with Crippen molar-refractivity contribution >= 4 is 11.6 Å². The number of nitrogens with zero attached hydrogens (tertiary/aromatic N) is 1.